The van der Waals surface area contributed by atoms with Crippen molar-refractivity contribution in [1.29, 1.82) is 0 Å². The molecule has 0 atom stereocenters. The third-order valence-corrected chi connectivity index (χ3v) is 3.51. The van der Waals surface area contributed by atoms with Gasteiger partial charge in [0.15, 0.2) is 0 Å². The first-order valence-electron chi connectivity index (χ1n) is 3.95. The van der Waals surface area contributed by atoms with Crippen LogP contribution in [0, 0.1) is 5.92 Å². The number of rotatable bonds is 1. The van der Waals surface area contributed by atoms with Crippen molar-refractivity contribution in [2.75, 3.05) is 19.3 Å². The Morgan fingerprint density at radius 1 is 1.27 bits per heavy atom. The fourth-order valence-corrected chi connectivity index (χ4v) is 2.19. The molecule has 1 heterocycles. The van der Waals surface area contributed by atoms with E-state index < -0.39 is 10.0 Å². The Morgan fingerprint density at radius 2 is 1.73 bits per heavy atom. The monoisotopic (exact) mass is 177 g/mol. The van der Waals surface area contributed by atoms with Crippen LogP contribution in [0.3, 0.4) is 0 Å². The molecular formula is C7H15NO2S. The number of sulfonamides is 1. The van der Waals surface area contributed by atoms with Gasteiger partial charge in [-0.3, -0.25) is 0 Å². The molecule has 3 nitrogen and oxygen atoms in total. The second-order valence-electron chi connectivity index (χ2n) is 3.34. The number of hydrogen-bond acceptors (Lipinski definition) is 2. The summed E-state index contributed by atoms with van der Waals surface area (Å²) < 4.78 is 23.6. The standard InChI is InChI=1S/C7H15NO2S/c1-7-3-5-8(6-4-7)11(2,9)10/h7H,3-6H2,1-2H3. The molecule has 0 unspecified atom stereocenters. The molecule has 1 aliphatic heterocycles. The first kappa shape index (κ1) is 9.00. The highest BCUT2D eigenvalue weighted by molar-refractivity contribution is 7.88. The van der Waals surface area contributed by atoms with Gasteiger partial charge in [-0.15, -0.1) is 0 Å². The number of hydrogen-bond donors (Lipinski definition) is 0. The highest BCUT2D eigenvalue weighted by atomic mass is 32.2. The molecule has 0 aliphatic carbocycles. The summed E-state index contributed by atoms with van der Waals surface area (Å²) in [6.07, 6.45) is 3.29. The van der Waals surface area contributed by atoms with Gasteiger partial charge in [0.2, 0.25) is 10.0 Å². The van der Waals surface area contributed by atoms with Crippen molar-refractivity contribution in [1.82, 2.24) is 4.31 Å². The Hall–Kier alpha value is -0.0900. The van der Waals surface area contributed by atoms with Crippen LogP contribution in [0.5, 0.6) is 0 Å². The quantitative estimate of drug-likeness (QED) is 0.590. The molecule has 1 fully saturated rings. The van der Waals surface area contributed by atoms with E-state index in [1.807, 2.05) is 0 Å². The van der Waals surface area contributed by atoms with E-state index in [1.54, 1.807) is 4.31 Å². The maximum absolute atomic E-state index is 11.0. The molecule has 0 radical (unpaired) electrons. The Morgan fingerprint density at radius 3 is 2.09 bits per heavy atom. The number of nitrogens with zero attached hydrogens (tertiary/aromatic N) is 1. The summed E-state index contributed by atoms with van der Waals surface area (Å²) >= 11 is 0. The van der Waals surface area contributed by atoms with E-state index in [0.29, 0.717) is 19.0 Å². The van der Waals surface area contributed by atoms with Gasteiger partial charge in [-0.2, -0.15) is 0 Å². The van der Waals surface area contributed by atoms with Gasteiger partial charge in [-0.05, 0) is 18.8 Å². The lowest BCUT2D eigenvalue weighted by Gasteiger charge is -2.27. The normalized spacial score (nSPS) is 23.8. The lowest BCUT2D eigenvalue weighted by atomic mass is 10.0. The van der Waals surface area contributed by atoms with Gasteiger partial charge in [0.1, 0.15) is 0 Å². The van der Waals surface area contributed by atoms with Crippen molar-refractivity contribution in [2.24, 2.45) is 5.92 Å². The Kier molecular flexibility index (Phi) is 2.54. The lowest BCUT2D eigenvalue weighted by Crippen LogP contribution is -2.37. The minimum absolute atomic E-state index is 0.688. The van der Waals surface area contributed by atoms with E-state index in [-0.39, 0.29) is 0 Å². The highest BCUT2D eigenvalue weighted by Crippen LogP contribution is 2.17. The predicted molar refractivity (Wildman–Crippen MR) is 44.8 cm³/mol. The van der Waals surface area contributed by atoms with Crippen LogP contribution in [0.15, 0.2) is 0 Å². The van der Waals surface area contributed by atoms with Gasteiger partial charge in [-0.25, -0.2) is 12.7 Å². The van der Waals surface area contributed by atoms with Gasteiger partial charge in [0.05, 0.1) is 6.26 Å². The van der Waals surface area contributed by atoms with Crippen molar-refractivity contribution >= 4 is 10.0 Å². The fourth-order valence-electron chi connectivity index (χ4n) is 1.32. The van der Waals surface area contributed by atoms with E-state index in [0.717, 1.165) is 12.8 Å². The summed E-state index contributed by atoms with van der Waals surface area (Å²) in [6, 6.07) is 0. The van der Waals surface area contributed by atoms with Gasteiger partial charge >= 0.3 is 0 Å². The number of piperidine rings is 1. The van der Waals surface area contributed by atoms with Gasteiger partial charge in [-0.1, -0.05) is 6.92 Å². The molecule has 0 aromatic rings. The SMILES string of the molecule is CC1CCN(S(C)(=O)=O)CC1. The molecule has 4 heteroatoms. The molecule has 66 valence electrons. The van der Waals surface area contributed by atoms with Crippen LogP contribution >= 0.6 is 0 Å². The van der Waals surface area contributed by atoms with E-state index in [4.69, 9.17) is 0 Å². The van der Waals surface area contributed by atoms with Crippen LogP contribution in [-0.4, -0.2) is 32.1 Å². The van der Waals surface area contributed by atoms with Gasteiger partial charge in [0, 0.05) is 13.1 Å². The van der Waals surface area contributed by atoms with Crippen molar-refractivity contribution in [3.63, 3.8) is 0 Å². The Labute approximate surface area is 68.4 Å². The second-order valence-corrected chi connectivity index (χ2v) is 5.33. The molecule has 1 aliphatic rings. The van der Waals surface area contributed by atoms with E-state index in [9.17, 15) is 8.42 Å². The van der Waals surface area contributed by atoms with Crippen LogP contribution in [0.2, 0.25) is 0 Å². The maximum Gasteiger partial charge on any atom is 0.211 e. The van der Waals surface area contributed by atoms with Crippen LogP contribution in [0.25, 0.3) is 0 Å². The first-order chi connectivity index (χ1) is 5.00. The van der Waals surface area contributed by atoms with Crippen LogP contribution < -0.4 is 0 Å². The summed E-state index contributed by atoms with van der Waals surface area (Å²) in [4.78, 5) is 0. The molecule has 0 amide bonds. The van der Waals surface area contributed by atoms with Crippen molar-refractivity contribution in [3.8, 4) is 0 Å². The van der Waals surface area contributed by atoms with Gasteiger partial charge in [0.25, 0.3) is 0 Å². The van der Waals surface area contributed by atoms with Crippen molar-refractivity contribution in [2.45, 2.75) is 19.8 Å². The zero-order valence-electron chi connectivity index (χ0n) is 7.08. The van der Waals surface area contributed by atoms with Gasteiger partial charge < -0.3 is 0 Å². The van der Waals surface area contributed by atoms with Crippen LogP contribution in [0.1, 0.15) is 19.8 Å². The Bertz CT molecular complexity index is 215. The minimum atomic E-state index is -2.92. The zero-order valence-corrected chi connectivity index (χ0v) is 7.89. The molecule has 1 rings (SSSR count). The van der Waals surface area contributed by atoms with Crippen molar-refractivity contribution < 1.29 is 8.42 Å². The van der Waals surface area contributed by atoms with Crippen molar-refractivity contribution in [3.05, 3.63) is 0 Å². The predicted octanol–water partition coefficient (Wildman–Crippen LogP) is 0.678. The summed E-state index contributed by atoms with van der Waals surface area (Å²) in [7, 11) is -2.92. The summed E-state index contributed by atoms with van der Waals surface area (Å²) in [5.41, 5.74) is 0. The summed E-state index contributed by atoms with van der Waals surface area (Å²) in [6.45, 7) is 3.58. The maximum atomic E-state index is 11.0. The van der Waals surface area contributed by atoms with E-state index in [2.05, 4.69) is 6.92 Å². The minimum Gasteiger partial charge on any atom is -0.213 e. The average molecular weight is 177 g/mol. The molecule has 11 heavy (non-hydrogen) atoms. The molecule has 0 aromatic carbocycles. The zero-order chi connectivity index (χ0) is 8.48. The Balaban J connectivity index is 2.53. The molecule has 0 saturated carbocycles. The average Bonchev–Trinajstić information content (AvgIpc) is 1.86. The first-order valence-corrected chi connectivity index (χ1v) is 5.80. The smallest absolute Gasteiger partial charge is 0.211 e. The van der Waals surface area contributed by atoms with Crippen LogP contribution in [-0.2, 0) is 10.0 Å². The van der Waals surface area contributed by atoms with E-state index >= 15 is 0 Å². The fraction of sp³-hybridized carbons (Fsp3) is 1.00. The third-order valence-electron chi connectivity index (χ3n) is 2.21. The molecule has 0 aromatic heterocycles. The summed E-state index contributed by atoms with van der Waals surface area (Å²) in [5, 5.41) is 0. The van der Waals surface area contributed by atoms with E-state index in [1.165, 1.54) is 6.26 Å². The molecule has 0 bridgehead atoms. The molecule has 0 spiro atoms. The topological polar surface area (TPSA) is 37.4 Å². The summed E-state index contributed by atoms with van der Waals surface area (Å²) in [5.74, 6) is 0.688. The van der Waals surface area contributed by atoms with Crippen LogP contribution in [0.4, 0.5) is 0 Å². The third kappa shape index (κ3) is 2.45. The molecule has 0 N–H and O–H groups in total. The second kappa shape index (κ2) is 3.11. The highest BCUT2D eigenvalue weighted by Gasteiger charge is 2.21. The lowest BCUT2D eigenvalue weighted by molar-refractivity contribution is 0.289. The molecular weight excluding hydrogens is 162 g/mol. The largest absolute Gasteiger partial charge is 0.213 e. The molecule has 1 saturated heterocycles.